The Morgan fingerprint density at radius 1 is 0.783 bits per heavy atom. The number of hydrogen-bond acceptors (Lipinski definition) is 1. The Morgan fingerprint density at radius 2 is 1.35 bits per heavy atom. The summed E-state index contributed by atoms with van der Waals surface area (Å²) in [6, 6.07) is 2.83. The van der Waals surface area contributed by atoms with Crippen LogP contribution in [-0.2, 0) is 0 Å². The van der Waals surface area contributed by atoms with Crippen molar-refractivity contribution in [3.63, 3.8) is 0 Å². The molecule has 0 aromatic heterocycles. The second-order valence-corrected chi connectivity index (χ2v) is 8.57. The van der Waals surface area contributed by atoms with Gasteiger partial charge in [0.25, 0.3) is 0 Å². The van der Waals surface area contributed by atoms with E-state index in [1.54, 1.807) is 0 Å². The summed E-state index contributed by atoms with van der Waals surface area (Å²) in [5.74, 6) is 2.60. The van der Waals surface area contributed by atoms with Crippen molar-refractivity contribution in [1.29, 1.82) is 5.26 Å². The second kappa shape index (κ2) is 9.71. The van der Waals surface area contributed by atoms with Crippen molar-refractivity contribution in [3.8, 4) is 6.07 Å². The average Bonchev–Trinajstić information content (AvgIpc) is 2.61. The first-order chi connectivity index (χ1) is 11.2. The lowest BCUT2D eigenvalue weighted by Gasteiger charge is -2.43. The Balaban J connectivity index is 1.78. The van der Waals surface area contributed by atoms with Crippen LogP contribution in [0.5, 0.6) is 0 Å². The first kappa shape index (κ1) is 18.8. The van der Waals surface area contributed by atoms with Crippen LogP contribution in [0.1, 0.15) is 110 Å². The van der Waals surface area contributed by atoms with E-state index < -0.39 is 0 Å². The molecule has 0 aromatic rings. The van der Waals surface area contributed by atoms with Gasteiger partial charge in [-0.3, -0.25) is 0 Å². The molecule has 1 heteroatoms. The molecule has 2 saturated carbocycles. The third kappa shape index (κ3) is 5.23. The van der Waals surface area contributed by atoms with E-state index in [1.807, 2.05) is 0 Å². The summed E-state index contributed by atoms with van der Waals surface area (Å²) in [7, 11) is 0. The topological polar surface area (TPSA) is 23.8 Å². The highest BCUT2D eigenvalue weighted by atomic mass is 14.5. The van der Waals surface area contributed by atoms with E-state index in [0.29, 0.717) is 5.92 Å². The maximum absolute atomic E-state index is 9.95. The fourth-order valence-electron chi connectivity index (χ4n) is 5.27. The normalized spacial score (nSPS) is 34.9. The van der Waals surface area contributed by atoms with Gasteiger partial charge in [-0.1, -0.05) is 71.6 Å². The number of unbranched alkanes of at least 4 members (excludes halogenated alkanes) is 3. The minimum Gasteiger partial charge on any atom is -0.198 e. The predicted molar refractivity (Wildman–Crippen MR) is 99.1 cm³/mol. The van der Waals surface area contributed by atoms with E-state index >= 15 is 0 Å². The maximum Gasteiger partial charge on any atom is 0.0692 e. The lowest BCUT2D eigenvalue weighted by molar-refractivity contribution is 0.0843. The lowest BCUT2D eigenvalue weighted by Crippen LogP contribution is -2.36. The average molecular weight is 318 g/mol. The SMILES string of the molecule is CCCCCC1CCC(C#N)(C2CCC(CCCC)CC2)CC1. The molecule has 0 N–H and O–H groups in total. The number of hydrogen-bond donors (Lipinski definition) is 0. The molecule has 0 heterocycles. The largest absolute Gasteiger partial charge is 0.198 e. The first-order valence-electron chi connectivity index (χ1n) is 10.6. The highest BCUT2D eigenvalue weighted by Gasteiger charge is 2.43. The summed E-state index contributed by atoms with van der Waals surface area (Å²) in [6.45, 7) is 4.59. The van der Waals surface area contributed by atoms with Crippen LogP contribution < -0.4 is 0 Å². The Kier molecular flexibility index (Phi) is 7.94. The van der Waals surface area contributed by atoms with Crippen LogP contribution in [0.4, 0.5) is 0 Å². The van der Waals surface area contributed by atoms with Crippen LogP contribution in [0.25, 0.3) is 0 Å². The van der Waals surface area contributed by atoms with Crippen LogP contribution >= 0.6 is 0 Å². The van der Waals surface area contributed by atoms with Gasteiger partial charge in [0.2, 0.25) is 0 Å². The minimum absolute atomic E-state index is 0.0526. The molecule has 0 aromatic carbocycles. The molecular weight excluding hydrogens is 278 g/mol. The first-order valence-corrected chi connectivity index (χ1v) is 10.6. The van der Waals surface area contributed by atoms with E-state index in [1.165, 1.54) is 96.3 Å². The molecule has 0 unspecified atom stereocenters. The van der Waals surface area contributed by atoms with Gasteiger partial charge in [-0.05, 0) is 56.3 Å². The maximum atomic E-state index is 9.95. The monoisotopic (exact) mass is 317 g/mol. The molecular formula is C22H39N. The summed E-state index contributed by atoms with van der Waals surface area (Å²) in [5.41, 5.74) is 0.0526. The Bertz CT molecular complexity index is 351. The fraction of sp³-hybridized carbons (Fsp3) is 0.955. The molecule has 2 fully saturated rings. The molecule has 0 bridgehead atoms. The van der Waals surface area contributed by atoms with E-state index in [9.17, 15) is 5.26 Å². The molecule has 0 saturated heterocycles. The molecule has 23 heavy (non-hydrogen) atoms. The Hall–Kier alpha value is -0.510. The second-order valence-electron chi connectivity index (χ2n) is 8.57. The van der Waals surface area contributed by atoms with Gasteiger partial charge in [-0.15, -0.1) is 0 Å². The smallest absolute Gasteiger partial charge is 0.0692 e. The van der Waals surface area contributed by atoms with Crippen molar-refractivity contribution in [2.45, 2.75) is 110 Å². The van der Waals surface area contributed by atoms with Gasteiger partial charge in [-0.2, -0.15) is 5.26 Å². The zero-order valence-corrected chi connectivity index (χ0v) is 15.8. The summed E-state index contributed by atoms with van der Waals surface area (Å²) < 4.78 is 0. The van der Waals surface area contributed by atoms with E-state index in [0.717, 1.165) is 11.8 Å². The Morgan fingerprint density at radius 3 is 1.91 bits per heavy atom. The van der Waals surface area contributed by atoms with Crippen LogP contribution in [0.3, 0.4) is 0 Å². The highest BCUT2D eigenvalue weighted by Crippen LogP contribution is 2.50. The van der Waals surface area contributed by atoms with Crippen molar-refractivity contribution in [1.82, 2.24) is 0 Å². The van der Waals surface area contributed by atoms with Crippen molar-refractivity contribution in [3.05, 3.63) is 0 Å². The molecule has 0 amide bonds. The lowest BCUT2D eigenvalue weighted by atomic mass is 9.59. The highest BCUT2D eigenvalue weighted by molar-refractivity contribution is 5.06. The predicted octanol–water partition coefficient (Wildman–Crippen LogP) is 7.26. The van der Waals surface area contributed by atoms with Crippen molar-refractivity contribution in [2.24, 2.45) is 23.2 Å². The third-order valence-corrected chi connectivity index (χ3v) is 7.03. The summed E-state index contributed by atoms with van der Waals surface area (Å²) in [6.07, 6.45) is 20.2. The number of rotatable bonds is 8. The summed E-state index contributed by atoms with van der Waals surface area (Å²) in [5, 5.41) is 9.95. The molecule has 2 aliphatic carbocycles. The van der Waals surface area contributed by atoms with Gasteiger partial charge in [0.05, 0.1) is 11.5 Å². The molecule has 0 atom stereocenters. The molecule has 132 valence electrons. The Labute approximate surface area is 145 Å². The van der Waals surface area contributed by atoms with E-state index in [4.69, 9.17) is 0 Å². The van der Waals surface area contributed by atoms with Crippen molar-refractivity contribution in [2.75, 3.05) is 0 Å². The summed E-state index contributed by atoms with van der Waals surface area (Å²) >= 11 is 0. The minimum atomic E-state index is 0.0526. The molecule has 0 spiro atoms. The van der Waals surface area contributed by atoms with Crippen LogP contribution in [0.2, 0.25) is 0 Å². The van der Waals surface area contributed by atoms with Crippen molar-refractivity contribution < 1.29 is 0 Å². The van der Waals surface area contributed by atoms with Gasteiger partial charge in [-0.25, -0.2) is 0 Å². The molecule has 2 rings (SSSR count). The molecule has 1 nitrogen and oxygen atoms in total. The van der Waals surface area contributed by atoms with E-state index in [-0.39, 0.29) is 5.41 Å². The van der Waals surface area contributed by atoms with Crippen LogP contribution in [-0.4, -0.2) is 0 Å². The zero-order valence-electron chi connectivity index (χ0n) is 15.8. The number of nitrogens with zero attached hydrogens (tertiary/aromatic N) is 1. The summed E-state index contributed by atoms with van der Waals surface area (Å²) in [4.78, 5) is 0. The van der Waals surface area contributed by atoms with Crippen molar-refractivity contribution >= 4 is 0 Å². The van der Waals surface area contributed by atoms with Gasteiger partial charge in [0.15, 0.2) is 0 Å². The zero-order chi connectivity index (χ0) is 16.5. The quantitative estimate of drug-likeness (QED) is 0.432. The molecule has 0 radical (unpaired) electrons. The van der Waals surface area contributed by atoms with Gasteiger partial charge in [0.1, 0.15) is 0 Å². The third-order valence-electron chi connectivity index (χ3n) is 7.03. The number of nitriles is 1. The van der Waals surface area contributed by atoms with Gasteiger partial charge in [0, 0.05) is 0 Å². The van der Waals surface area contributed by atoms with E-state index in [2.05, 4.69) is 19.9 Å². The molecule has 0 aliphatic heterocycles. The molecule has 2 aliphatic rings. The fourth-order valence-corrected chi connectivity index (χ4v) is 5.27. The van der Waals surface area contributed by atoms with Gasteiger partial charge >= 0.3 is 0 Å². The van der Waals surface area contributed by atoms with Crippen LogP contribution in [0, 0.1) is 34.5 Å². The van der Waals surface area contributed by atoms with Crippen LogP contribution in [0.15, 0.2) is 0 Å². The van der Waals surface area contributed by atoms with Gasteiger partial charge < -0.3 is 0 Å². The standard InChI is InChI=1S/C22H39N/c1-3-5-7-9-20-14-16-22(18-23,17-15-20)21-12-10-19(11-13-21)8-6-4-2/h19-21H,3-17H2,1-2H3.